The summed E-state index contributed by atoms with van der Waals surface area (Å²) in [5.41, 5.74) is 0. The van der Waals surface area contributed by atoms with E-state index in [1.54, 1.807) is 0 Å². The normalized spacial score (nSPS) is 17.8. The number of nitrogens with one attached hydrogen (secondary N) is 1. The molecule has 0 rings (SSSR count). The van der Waals surface area contributed by atoms with Crippen molar-refractivity contribution < 1.29 is 54.1 Å². The van der Waals surface area contributed by atoms with Crippen molar-refractivity contribution in [2.24, 2.45) is 0 Å². The van der Waals surface area contributed by atoms with Gasteiger partial charge in [0.1, 0.15) is 30.6 Å². The molecule has 0 radical (unpaired) electrons. The molecule has 0 saturated heterocycles. The van der Waals surface area contributed by atoms with E-state index in [1.807, 2.05) is 5.32 Å². The molecule has 0 aromatic carbocycles. The number of hydrogen-bond acceptors (Lipinski definition) is 11. The van der Waals surface area contributed by atoms with Crippen molar-refractivity contribution >= 4 is 33.0 Å². The smallest absolute Gasteiger partial charge is 0.388 e. The Kier molecular flexibility index (Phi) is 8.15. The van der Waals surface area contributed by atoms with Crippen LogP contribution in [-0.4, -0.2) is 79.9 Å². The molecule has 1 amide bonds. The second-order valence-corrected chi connectivity index (χ2v) is 6.55. The lowest BCUT2D eigenvalue weighted by Crippen LogP contribution is -2.53. The lowest BCUT2D eigenvalue weighted by atomic mass is 10.0. The van der Waals surface area contributed by atoms with Crippen LogP contribution in [-0.2, 0) is 38.2 Å². The zero-order valence-corrected chi connectivity index (χ0v) is 13.1. The number of hydrogen-bond donors (Lipinski definition) is 5. The van der Waals surface area contributed by atoms with Gasteiger partial charge in [0.2, 0.25) is 5.91 Å². The molecule has 136 valence electrons. The van der Waals surface area contributed by atoms with Crippen molar-refractivity contribution in [3.05, 3.63) is 0 Å². The number of carbonyl (C=O) groups is 2. The van der Waals surface area contributed by atoms with Gasteiger partial charge >= 0.3 is 20.8 Å². The molecule has 0 aliphatic rings. The first-order valence-corrected chi connectivity index (χ1v) is 8.33. The van der Waals surface area contributed by atoms with Crippen LogP contribution >= 0.6 is 0 Å². The van der Waals surface area contributed by atoms with E-state index < -0.39 is 57.7 Å². The predicted octanol–water partition coefficient (Wildman–Crippen LogP) is -4.15. The zero-order valence-electron chi connectivity index (χ0n) is 11.5. The largest absolute Gasteiger partial charge is 0.416 e. The third kappa shape index (κ3) is 8.86. The maximum atomic E-state index is 10.9. The van der Waals surface area contributed by atoms with Crippen LogP contribution in [0.3, 0.4) is 0 Å². The first-order chi connectivity index (χ1) is 10.3. The molecule has 15 heteroatoms. The van der Waals surface area contributed by atoms with Gasteiger partial charge in [0.05, 0.1) is 6.61 Å². The van der Waals surface area contributed by atoms with Gasteiger partial charge in [-0.15, -0.1) is 3.63 Å². The Morgan fingerprint density at radius 1 is 1.17 bits per heavy atom. The van der Waals surface area contributed by atoms with Gasteiger partial charge in [-0.2, -0.15) is 16.8 Å². The fourth-order valence-corrected chi connectivity index (χ4v) is 2.56. The van der Waals surface area contributed by atoms with Crippen LogP contribution in [0.4, 0.5) is 0 Å². The number of rotatable bonds is 10. The molecule has 0 aliphatic carbocycles. The van der Waals surface area contributed by atoms with Gasteiger partial charge in [-0.05, 0) is 0 Å². The summed E-state index contributed by atoms with van der Waals surface area (Å²) in [5, 5.41) is 30.5. The molecule has 0 fully saturated rings. The number of aldehydes is 1. The summed E-state index contributed by atoms with van der Waals surface area (Å²) >= 11 is 0. The third-order valence-corrected chi connectivity index (χ3v) is 3.96. The van der Waals surface area contributed by atoms with Crippen molar-refractivity contribution in [3.8, 4) is 0 Å². The standard InChI is InChI=1S/C8H15NO12S2/c1-4(11)9-5(2-10)7(13)8(14)6(12)3-20-23(18,19)21-22(15,16)17/h2,5-8,12-14H,3H2,1H3,(H,9,11)(H,15,16,17)/t5-,6+,7+,8-/m0/s1. The first kappa shape index (κ1) is 21.8. The summed E-state index contributed by atoms with van der Waals surface area (Å²) in [6.07, 6.45) is -6.25. The fourth-order valence-electron chi connectivity index (χ4n) is 1.25. The van der Waals surface area contributed by atoms with E-state index in [1.165, 1.54) is 0 Å². The minimum absolute atomic E-state index is 0.0566. The highest BCUT2D eigenvalue weighted by Crippen LogP contribution is 2.08. The van der Waals surface area contributed by atoms with Crippen molar-refractivity contribution in [1.29, 1.82) is 0 Å². The van der Waals surface area contributed by atoms with E-state index in [0.717, 1.165) is 6.92 Å². The molecular formula is C8H15NO12S2. The van der Waals surface area contributed by atoms with E-state index in [9.17, 15) is 41.7 Å². The van der Waals surface area contributed by atoms with Gasteiger partial charge in [0.15, 0.2) is 0 Å². The summed E-state index contributed by atoms with van der Waals surface area (Å²) in [6.45, 7) is -0.282. The second kappa shape index (κ2) is 8.60. The Morgan fingerprint density at radius 2 is 1.70 bits per heavy atom. The molecule has 5 N–H and O–H groups in total. The molecule has 0 spiro atoms. The second-order valence-electron chi connectivity index (χ2n) is 4.10. The summed E-state index contributed by atoms with van der Waals surface area (Å²) in [6, 6.07) is -1.61. The van der Waals surface area contributed by atoms with Crippen LogP contribution < -0.4 is 5.32 Å². The topological polar surface area (TPSA) is 214 Å². The van der Waals surface area contributed by atoms with E-state index in [0.29, 0.717) is 0 Å². The Labute approximate surface area is 131 Å². The molecule has 4 atom stereocenters. The minimum atomic E-state index is -5.40. The molecule has 0 aliphatic heterocycles. The maximum Gasteiger partial charge on any atom is 0.416 e. The van der Waals surface area contributed by atoms with Gasteiger partial charge in [0.25, 0.3) is 0 Å². The molecule has 0 unspecified atom stereocenters. The van der Waals surface area contributed by atoms with Crippen LogP contribution in [0.5, 0.6) is 0 Å². The predicted molar refractivity (Wildman–Crippen MR) is 69.2 cm³/mol. The third-order valence-electron chi connectivity index (χ3n) is 2.18. The van der Waals surface area contributed by atoms with Crippen LogP contribution in [0, 0.1) is 0 Å². The molecule has 0 aromatic heterocycles. The summed E-state index contributed by atoms with van der Waals surface area (Å²) < 4.78 is 57.4. The number of carbonyl (C=O) groups excluding carboxylic acids is 2. The quantitative estimate of drug-likeness (QED) is 0.180. The van der Waals surface area contributed by atoms with Gasteiger partial charge in [0, 0.05) is 6.92 Å². The van der Waals surface area contributed by atoms with E-state index in [4.69, 9.17) is 4.55 Å². The number of aliphatic hydroxyl groups is 3. The molecular weight excluding hydrogens is 366 g/mol. The SMILES string of the molecule is CC(=O)N[C@@H](C=O)[C@@H](O)[C@@H](O)[C@H](O)COS(=O)(=O)OS(=O)(=O)O. The Hall–Kier alpha value is -1.20. The molecule has 0 bridgehead atoms. The Morgan fingerprint density at radius 3 is 2.09 bits per heavy atom. The number of amides is 1. The van der Waals surface area contributed by atoms with Gasteiger partial charge in [-0.3, -0.25) is 9.35 Å². The summed E-state index contributed by atoms with van der Waals surface area (Å²) in [4.78, 5) is 21.4. The molecule has 0 saturated carbocycles. The van der Waals surface area contributed by atoms with E-state index >= 15 is 0 Å². The maximum absolute atomic E-state index is 10.9. The summed E-state index contributed by atoms with van der Waals surface area (Å²) in [7, 11) is -10.7. The van der Waals surface area contributed by atoms with Crippen LogP contribution in [0.15, 0.2) is 0 Å². The average molecular weight is 381 g/mol. The van der Waals surface area contributed by atoms with Crippen LogP contribution in [0.25, 0.3) is 0 Å². The van der Waals surface area contributed by atoms with Crippen molar-refractivity contribution in [2.75, 3.05) is 6.61 Å². The lowest BCUT2D eigenvalue weighted by Gasteiger charge is -2.26. The van der Waals surface area contributed by atoms with Gasteiger partial charge < -0.3 is 25.4 Å². The van der Waals surface area contributed by atoms with Gasteiger partial charge in [-0.1, -0.05) is 0 Å². The van der Waals surface area contributed by atoms with E-state index in [2.05, 4.69) is 7.81 Å². The Bertz CT molecular complexity index is 613. The highest BCUT2D eigenvalue weighted by atomic mass is 32.3. The minimum Gasteiger partial charge on any atom is -0.388 e. The highest BCUT2D eigenvalue weighted by Gasteiger charge is 2.33. The van der Waals surface area contributed by atoms with Crippen molar-refractivity contribution in [3.63, 3.8) is 0 Å². The summed E-state index contributed by atoms with van der Waals surface area (Å²) in [5.74, 6) is -0.733. The lowest BCUT2D eigenvalue weighted by molar-refractivity contribution is -0.129. The molecule has 0 heterocycles. The van der Waals surface area contributed by atoms with Crippen molar-refractivity contribution in [1.82, 2.24) is 5.32 Å². The fraction of sp³-hybridized carbons (Fsp3) is 0.750. The van der Waals surface area contributed by atoms with Crippen LogP contribution in [0.1, 0.15) is 6.92 Å². The molecule has 23 heavy (non-hydrogen) atoms. The van der Waals surface area contributed by atoms with E-state index in [-0.39, 0.29) is 6.29 Å². The number of aliphatic hydroxyl groups excluding tert-OH is 3. The zero-order chi connectivity index (χ0) is 18.4. The Balaban J connectivity index is 4.75. The monoisotopic (exact) mass is 381 g/mol. The van der Waals surface area contributed by atoms with Crippen molar-refractivity contribution in [2.45, 2.75) is 31.3 Å². The molecule has 13 nitrogen and oxygen atoms in total. The first-order valence-electron chi connectivity index (χ1n) is 5.63. The average Bonchev–Trinajstić information content (AvgIpc) is 2.37. The van der Waals surface area contributed by atoms with Gasteiger partial charge in [-0.25, -0.2) is 4.18 Å². The van der Waals surface area contributed by atoms with Crippen LogP contribution in [0.2, 0.25) is 0 Å². The highest BCUT2D eigenvalue weighted by molar-refractivity contribution is 7.94. The molecule has 0 aromatic rings.